The quantitative estimate of drug-likeness (QED) is 0.377. The van der Waals surface area contributed by atoms with Gasteiger partial charge in [0, 0.05) is 0 Å². The third-order valence-electron chi connectivity index (χ3n) is 1.80. The Morgan fingerprint density at radius 1 is 1.33 bits per heavy atom. The molecule has 1 aliphatic heterocycles. The molecular weight excluding hydrogens is 158 g/mol. The van der Waals surface area contributed by atoms with Crippen molar-refractivity contribution < 1.29 is 9.66 Å². The molecule has 4 nitrogen and oxygen atoms in total. The Labute approximate surface area is 68.9 Å². The van der Waals surface area contributed by atoms with Gasteiger partial charge in [-0.3, -0.25) is 14.9 Å². The van der Waals surface area contributed by atoms with Crippen molar-refractivity contribution in [2.24, 2.45) is 0 Å². The molecule has 0 aliphatic carbocycles. The fourth-order valence-electron chi connectivity index (χ4n) is 1.15. The van der Waals surface area contributed by atoms with E-state index < -0.39 is 11.2 Å². The largest absolute Gasteiger partial charge is 0.347 e. The number of nitro groups is 1. The van der Waals surface area contributed by atoms with Crippen LogP contribution in [0.2, 0.25) is 0 Å². The second-order valence-electron chi connectivity index (χ2n) is 2.64. The first kappa shape index (κ1) is 7.24. The maximum Gasteiger partial charge on any atom is 0.347 e. The van der Waals surface area contributed by atoms with Crippen LogP contribution < -0.4 is 0 Å². The summed E-state index contributed by atoms with van der Waals surface area (Å²) in [6, 6.07) is 9.21. The van der Waals surface area contributed by atoms with Crippen LogP contribution in [0, 0.1) is 10.1 Å². The molecule has 0 aromatic heterocycles. The molecule has 1 aromatic rings. The van der Waals surface area contributed by atoms with E-state index in [1.807, 2.05) is 30.3 Å². The third kappa shape index (κ3) is 1.16. The number of epoxide rings is 1. The second kappa shape index (κ2) is 2.57. The van der Waals surface area contributed by atoms with Gasteiger partial charge in [0.15, 0.2) is 6.10 Å². The van der Waals surface area contributed by atoms with Crippen LogP contribution >= 0.6 is 0 Å². The molecule has 2 unspecified atom stereocenters. The summed E-state index contributed by atoms with van der Waals surface area (Å²) < 4.78 is 4.87. The van der Waals surface area contributed by atoms with Crippen LogP contribution in [-0.2, 0) is 4.74 Å². The van der Waals surface area contributed by atoms with Gasteiger partial charge in [-0.25, -0.2) is 0 Å². The summed E-state index contributed by atoms with van der Waals surface area (Å²) in [4.78, 5) is 9.82. The zero-order chi connectivity index (χ0) is 8.55. The molecule has 62 valence electrons. The van der Waals surface area contributed by atoms with Crippen molar-refractivity contribution in [1.82, 2.24) is 0 Å². The summed E-state index contributed by atoms with van der Waals surface area (Å²) in [5.74, 6) is 0. The molecule has 0 bridgehead atoms. The van der Waals surface area contributed by atoms with Crippen molar-refractivity contribution in [3.05, 3.63) is 46.0 Å². The molecule has 0 spiro atoms. The molecule has 0 radical (unpaired) electrons. The average molecular weight is 165 g/mol. The maximum absolute atomic E-state index is 10.2. The van der Waals surface area contributed by atoms with E-state index in [1.165, 1.54) is 0 Å². The van der Waals surface area contributed by atoms with Gasteiger partial charge in [0.25, 0.3) is 0 Å². The fourth-order valence-corrected chi connectivity index (χ4v) is 1.15. The SMILES string of the molecule is O=[N+]([O-])C1OC1c1ccccc1. The van der Waals surface area contributed by atoms with Gasteiger partial charge in [-0.1, -0.05) is 30.3 Å². The van der Waals surface area contributed by atoms with Gasteiger partial charge in [0.05, 0.1) is 4.92 Å². The predicted molar refractivity (Wildman–Crippen MR) is 41.1 cm³/mol. The molecule has 0 amide bonds. The Hall–Kier alpha value is -1.42. The average Bonchev–Trinajstić information content (AvgIpc) is 2.84. The first-order valence-electron chi connectivity index (χ1n) is 3.63. The van der Waals surface area contributed by atoms with Crippen LogP contribution in [0.3, 0.4) is 0 Å². The lowest BCUT2D eigenvalue weighted by Gasteiger charge is -1.89. The molecule has 2 rings (SSSR count). The van der Waals surface area contributed by atoms with E-state index in [0.29, 0.717) is 0 Å². The molecule has 0 saturated carbocycles. The lowest BCUT2D eigenvalue weighted by atomic mass is 10.1. The summed E-state index contributed by atoms with van der Waals surface area (Å²) >= 11 is 0. The van der Waals surface area contributed by atoms with Crippen LogP contribution in [-0.4, -0.2) is 11.2 Å². The summed E-state index contributed by atoms with van der Waals surface area (Å²) in [6.45, 7) is 0. The van der Waals surface area contributed by atoms with Gasteiger partial charge in [-0.05, 0) is 5.56 Å². The van der Waals surface area contributed by atoms with Gasteiger partial charge in [0.2, 0.25) is 0 Å². The number of rotatable bonds is 2. The molecule has 4 heteroatoms. The van der Waals surface area contributed by atoms with Crippen molar-refractivity contribution in [1.29, 1.82) is 0 Å². The van der Waals surface area contributed by atoms with Crippen molar-refractivity contribution in [2.75, 3.05) is 0 Å². The summed E-state index contributed by atoms with van der Waals surface area (Å²) in [6.07, 6.45) is -1.16. The van der Waals surface area contributed by atoms with E-state index >= 15 is 0 Å². The molecule has 1 saturated heterocycles. The van der Waals surface area contributed by atoms with E-state index in [2.05, 4.69) is 0 Å². The van der Waals surface area contributed by atoms with Crippen LogP contribution in [0.15, 0.2) is 30.3 Å². The smallest absolute Gasteiger partial charge is 0.296 e. The van der Waals surface area contributed by atoms with Crippen molar-refractivity contribution >= 4 is 0 Å². The predicted octanol–water partition coefficient (Wildman–Crippen LogP) is 1.36. The lowest BCUT2D eigenvalue weighted by Crippen LogP contribution is -2.02. The Bertz CT molecular complexity index is 298. The summed E-state index contributed by atoms with van der Waals surface area (Å²) in [5.41, 5.74) is 0.874. The van der Waals surface area contributed by atoms with E-state index in [-0.39, 0.29) is 6.10 Å². The molecule has 1 fully saturated rings. The van der Waals surface area contributed by atoms with Crippen molar-refractivity contribution in [3.8, 4) is 0 Å². The highest BCUT2D eigenvalue weighted by Gasteiger charge is 2.51. The molecule has 1 aliphatic rings. The molecular formula is C8H7NO3. The number of benzene rings is 1. The lowest BCUT2D eigenvalue weighted by molar-refractivity contribution is -0.516. The summed E-state index contributed by atoms with van der Waals surface area (Å²) in [5, 5.41) is 10.2. The Morgan fingerprint density at radius 2 is 2.00 bits per heavy atom. The Balaban J connectivity index is 2.11. The van der Waals surface area contributed by atoms with E-state index in [4.69, 9.17) is 4.74 Å². The highest BCUT2D eigenvalue weighted by molar-refractivity contribution is 5.20. The van der Waals surface area contributed by atoms with Gasteiger partial charge in [-0.2, -0.15) is 0 Å². The van der Waals surface area contributed by atoms with Gasteiger partial charge in [0.1, 0.15) is 0 Å². The normalized spacial score (nSPS) is 26.7. The van der Waals surface area contributed by atoms with Crippen LogP contribution in [0.25, 0.3) is 0 Å². The monoisotopic (exact) mass is 165 g/mol. The zero-order valence-corrected chi connectivity index (χ0v) is 6.21. The van der Waals surface area contributed by atoms with Crippen molar-refractivity contribution in [2.45, 2.75) is 12.3 Å². The summed E-state index contributed by atoms with van der Waals surface area (Å²) in [7, 11) is 0. The highest BCUT2D eigenvalue weighted by atomic mass is 16.7. The Morgan fingerprint density at radius 3 is 2.50 bits per heavy atom. The minimum Gasteiger partial charge on any atom is -0.296 e. The van der Waals surface area contributed by atoms with Crippen molar-refractivity contribution in [3.63, 3.8) is 0 Å². The number of hydrogen-bond acceptors (Lipinski definition) is 3. The highest BCUT2D eigenvalue weighted by Crippen LogP contribution is 2.38. The first-order chi connectivity index (χ1) is 5.79. The van der Waals surface area contributed by atoms with Gasteiger partial charge in [-0.15, -0.1) is 0 Å². The minimum absolute atomic E-state index is 0.332. The minimum atomic E-state index is -0.826. The van der Waals surface area contributed by atoms with E-state index in [9.17, 15) is 10.1 Å². The van der Waals surface area contributed by atoms with E-state index in [0.717, 1.165) is 5.56 Å². The second-order valence-corrected chi connectivity index (χ2v) is 2.64. The standard InChI is InChI=1S/C8H7NO3/c10-9(11)8-7(12-8)6-4-2-1-3-5-6/h1-5,7-8H. The molecule has 12 heavy (non-hydrogen) atoms. The molecule has 2 atom stereocenters. The zero-order valence-electron chi connectivity index (χ0n) is 6.21. The third-order valence-corrected chi connectivity index (χ3v) is 1.80. The fraction of sp³-hybridized carbons (Fsp3) is 0.250. The maximum atomic E-state index is 10.2. The van der Waals surface area contributed by atoms with Gasteiger partial charge < -0.3 is 0 Å². The number of ether oxygens (including phenoxy) is 1. The molecule has 1 aromatic carbocycles. The molecule has 0 N–H and O–H groups in total. The number of hydrogen-bond donors (Lipinski definition) is 0. The van der Waals surface area contributed by atoms with Crippen LogP contribution in [0.5, 0.6) is 0 Å². The first-order valence-corrected chi connectivity index (χ1v) is 3.63. The van der Waals surface area contributed by atoms with Crippen LogP contribution in [0.1, 0.15) is 11.7 Å². The van der Waals surface area contributed by atoms with Gasteiger partial charge >= 0.3 is 6.23 Å². The van der Waals surface area contributed by atoms with E-state index in [1.54, 1.807) is 0 Å². The molecule has 1 heterocycles. The van der Waals surface area contributed by atoms with Crippen LogP contribution in [0.4, 0.5) is 0 Å². The Kier molecular flexibility index (Phi) is 1.55. The number of nitrogens with zero attached hydrogens (tertiary/aromatic N) is 1. The topological polar surface area (TPSA) is 55.7 Å².